The van der Waals surface area contributed by atoms with Gasteiger partial charge in [0.25, 0.3) is 0 Å². The summed E-state index contributed by atoms with van der Waals surface area (Å²) < 4.78 is 5.51. The first-order valence-corrected chi connectivity index (χ1v) is 7.56. The molecule has 24 heavy (non-hydrogen) atoms. The molecule has 7 heteroatoms. The second kappa shape index (κ2) is 8.85. The second-order valence-electron chi connectivity index (χ2n) is 5.57. The van der Waals surface area contributed by atoms with Gasteiger partial charge in [-0.3, -0.25) is 4.98 Å². The van der Waals surface area contributed by atoms with Gasteiger partial charge in [0, 0.05) is 18.4 Å². The third-order valence-electron chi connectivity index (χ3n) is 3.05. The number of hydrogen-bond donors (Lipinski definition) is 3. The average molecular weight is 330 g/mol. The summed E-state index contributed by atoms with van der Waals surface area (Å²) in [5.41, 5.74) is 1.25. The fourth-order valence-electron chi connectivity index (χ4n) is 2.03. The Kier molecular flexibility index (Phi) is 6.53. The molecule has 0 saturated heterocycles. The lowest BCUT2D eigenvalue weighted by atomic mass is 10.3. The zero-order chi connectivity index (χ0) is 17.4. The molecule has 2 amide bonds. The molecule has 1 atom stereocenters. The number of hydrogen-bond acceptors (Lipinski definition) is 5. The zero-order valence-corrected chi connectivity index (χ0v) is 13.8. The van der Waals surface area contributed by atoms with Crippen LogP contribution >= 0.6 is 0 Å². The van der Waals surface area contributed by atoms with Gasteiger partial charge >= 0.3 is 6.03 Å². The van der Waals surface area contributed by atoms with Gasteiger partial charge in [-0.05, 0) is 50.5 Å². The summed E-state index contributed by atoms with van der Waals surface area (Å²) >= 11 is 0. The maximum Gasteiger partial charge on any atom is 0.323 e. The number of amides is 2. The van der Waals surface area contributed by atoms with Crippen molar-refractivity contribution in [3.63, 3.8) is 0 Å². The Morgan fingerprint density at radius 3 is 2.54 bits per heavy atom. The topological polar surface area (TPSA) is 86.7 Å². The summed E-state index contributed by atoms with van der Waals surface area (Å²) in [6.07, 6.45) is 2.65. The van der Waals surface area contributed by atoms with E-state index in [9.17, 15) is 9.90 Å². The minimum atomic E-state index is -0.553. The summed E-state index contributed by atoms with van der Waals surface area (Å²) in [6, 6.07) is 10.1. The minimum absolute atomic E-state index is 0.215. The molecule has 128 valence electrons. The number of nitrogens with zero attached hydrogens (tertiary/aromatic N) is 2. The fourth-order valence-corrected chi connectivity index (χ4v) is 2.03. The average Bonchev–Trinajstić information content (AvgIpc) is 2.54. The van der Waals surface area contributed by atoms with Gasteiger partial charge in [0.05, 0.1) is 11.9 Å². The number of nitrogens with one attached hydrogen (secondary N) is 2. The summed E-state index contributed by atoms with van der Waals surface area (Å²) in [6.45, 7) is 0.751. The highest BCUT2D eigenvalue weighted by Crippen LogP contribution is 2.16. The molecule has 0 fully saturated rings. The number of likely N-dealkylation sites (N-methyl/N-ethyl adjacent to an activating group) is 1. The van der Waals surface area contributed by atoms with E-state index in [1.165, 1.54) is 0 Å². The number of anilines is 2. The lowest BCUT2D eigenvalue weighted by Crippen LogP contribution is -2.30. The molecule has 2 aromatic rings. The smallest absolute Gasteiger partial charge is 0.323 e. The van der Waals surface area contributed by atoms with E-state index in [-0.39, 0.29) is 12.6 Å². The Hall–Kier alpha value is -2.64. The summed E-state index contributed by atoms with van der Waals surface area (Å²) in [5, 5.41) is 15.2. The van der Waals surface area contributed by atoms with Crippen molar-refractivity contribution in [3.8, 4) is 5.75 Å². The lowest BCUT2D eigenvalue weighted by molar-refractivity contribution is 0.0831. The predicted octanol–water partition coefficient (Wildman–Crippen LogP) is 2.03. The summed E-state index contributed by atoms with van der Waals surface area (Å²) in [4.78, 5) is 17.7. The Bertz CT molecular complexity index is 632. The van der Waals surface area contributed by atoms with Gasteiger partial charge in [0.1, 0.15) is 18.5 Å². The molecule has 7 nitrogen and oxygen atoms in total. The largest absolute Gasteiger partial charge is 0.491 e. The van der Waals surface area contributed by atoms with E-state index in [2.05, 4.69) is 15.6 Å². The van der Waals surface area contributed by atoms with Gasteiger partial charge in [-0.1, -0.05) is 0 Å². The number of pyridine rings is 1. The molecule has 1 heterocycles. The van der Waals surface area contributed by atoms with Crippen molar-refractivity contribution < 1.29 is 14.6 Å². The standard InChI is InChI=1S/C17H22N4O3/c1-21(2)11-15(22)12-24-16-7-5-13(6-8-16)19-17(23)20-14-4-3-9-18-10-14/h3-10,15,22H,11-12H2,1-2H3,(H2,19,20,23). The second-order valence-corrected chi connectivity index (χ2v) is 5.57. The van der Waals surface area contributed by atoms with Crippen LogP contribution in [0.2, 0.25) is 0 Å². The summed E-state index contributed by atoms with van der Waals surface area (Å²) in [7, 11) is 3.78. The number of benzene rings is 1. The molecule has 0 bridgehead atoms. The Balaban J connectivity index is 1.80. The molecule has 0 saturated carbocycles. The zero-order valence-electron chi connectivity index (χ0n) is 13.8. The Morgan fingerprint density at radius 1 is 1.21 bits per heavy atom. The van der Waals surface area contributed by atoms with E-state index in [1.54, 1.807) is 48.8 Å². The maximum atomic E-state index is 11.9. The Labute approximate surface area is 141 Å². The number of carbonyl (C=O) groups excluding carboxylic acids is 1. The Morgan fingerprint density at radius 2 is 1.92 bits per heavy atom. The van der Waals surface area contributed by atoms with Gasteiger partial charge in [-0.25, -0.2) is 4.79 Å². The molecule has 1 aromatic heterocycles. The molecular formula is C17H22N4O3. The van der Waals surface area contributed by atoms with Gasteiger partial charge in [0.15, 0.2) is 0 Å². The van der Waals surface area contributed by atoms with Crippen molar-refractivity contribution in [2.45, 2.75) is 6.10 Å². The third kappa shape index (κ3) is 6.23. The van der Waals surface area contributed by atoms with E-state index in [0.29, 0.717) is 23.7 Å². The minimum Gasteiger partial charge on any atom is -0.491 e. The first kappa shape index (κ1) is 17.7. The first-order chi connectivity index (χ1) is 11.5. The van der Waals surface area contributed by atoms with E-state index < -0.39 is 6.10 Å². The molecule has 1 unspecified atom stereocenters. The van der Waals surface area contributed by atoms with Crippen molar-refractivity contribution in [2.24, 2.45) is 0 Å². The number of aromatic nitrogens is 1. The molecule has 1 aromatic carbocycles. The molecule has 3 N–H and O–H groups in total. The van der Waals surface area contributed by atoms with E-state index in [0.717, 1.165) is 0 Å². The van der Waals surface area contributed by atoms with E-state index in [1.807, 2.05) is 19.0 Å². The van der Waals surface area contributed by atoms with Crippen LogP contribution in [0.5, 0.6) is 5.75 Å². The molecule has 0 aliphatic rings. The van der Waals surface area contributed by atoms with Crippen LogP contribution in [0.4, 0.5) is 16.2 Å². The van der Waals surface area contributed by atoms with Crippen LogP contribution in [0.3, 0.4) is 0 Å². The van der Waals surface area contributed by atoms with Gasteiger partial charge in [0.2, 0.25) is 0 Å². The van der Waals surface area contributed by atoms with Gasteiger partial charge < -0.3 is 25.4 Å². The SMILES string of the molecule is CN(C)CC(O)COc1ccc(NC(=O)Nc2cccnc2)cc1. The monoisotopic (exact) mass is 330 g/mol. The van der Waals surface area contributed by atoms with Crippen LogP contribution in [0.1, 0.15) is 0 Å². The van der Waals surface area contributed by atoms with Gasteiger partial charge in [-0.15, -0.1) is 0 Å². The molecule has 0 radical (unpaired) electrons. The van der Waals surface area contributed by atoms with E-state index in [4.69, 9.17) is 4.74 Å². The van der Waals surface area contributed by atoms with Crippen LogP contribution < -0.4 is 15.4 Å². The number of rotatable bonds is 7. The van der Waals surface area contributed by atoms with Crippen molar-refractivity contribution in [2.75, 3.05) is 37.9 Å². The highest BCUT2D eigenvalue weighted by atomic mass is 16.5. The normalized spacial score (nSPS) is 11.8. The number of urea groups is 1. The quantitative estimate of drug-likeness (QED) is 0.723. The number of aliphatic hydroxyl groups excluding tert-OH is 1. The number of aliphatic hydroxyl groups is 1. The molecular weight excluding hydrogens is 308 g/mol. The van der Waals surface area contributed by atoms with Crippen LogP contribution in [0, 0.1) is 0 Å². The number of ether oxygens (including phenoxy) is 1. The van der Waals surface area contributed by atoms with Crippen molar-refractivity contribution in [3.05, 3.63) is 48.8 Å². The van der Waals surface area contributed by atoms with Crippen molar-refractivity contribution in [1.29, 1.82) is 0 Å². The highest BCUT2D eigenvalue weighted by molar-refractivity contribution is 5.99. The molecule has 0 aliphatic heterocycles. The van der Waals surface area contributed by atoms with Crippen LogP contribution in [0.25, 0.3) is 0 Å². The van der Waals surface area contributed by atoms with Crippen molar-refractivity contribution in [1.82, 2.24) is 9.88 Å². The third-order valence-corrected chi connectivity index (χ3v) is 3.05. The van der Waals surface area contributed by atoms with Crippen LogP contribution in [0.15, 0.2) is 48.8 Å². The van der Waals surface area contributed by atoms with Crippen LogP contribution in [-0.4, -0.2) is 54.4 Å². The van der Waals surface area contributed by atoms with E-state index >= 15 is 0 Å². The first-order valence-electron chi connectivity index (χ1n) is 7.56. The maximum absolute atomic E-state index is 11.9. The lowest BCUT2D eigenvalue weighted by Gasteiger charge is -2.16. The number of carbonyl (C=O) groups is 1. The highest BCUT2D eigenvalue weighted by Gasteiger charge is 2.07. The molecule has 2 rings (SSSR count). The van der Waals surface area contributed by atoms with Crippen LogP contribution in [-0.2, 0) is 0 Å². The molecule has 0 aliphatic carbocycles. The van der Waals surface area contributed by atoms with Crippen molar-refractivity contribution >= 4 is 17.4 Å². The molecule has 0 spiro atoms. The van der Waals surface area contributed by atoms with Gasteiger partial charge in [-0.2, -0.15) is 0 Å². The predicted molar refractivity (Wildman–Crippen MR) is 93.4 cm³/mol. The summed E-state index contributed by atoms with van der Waals surface area (Å²) in [5.74, 6) is 0.631. The fraction of sp³-hybridized carbons (Fsp3) is 0.294.